The second-order valence-corrected chi connectivity index (χ2v) is 5.31. The van der Waals surface area contributed by atoms with Crippen LogP contribution in [0.15, 0.2) is 29.1 Å². The first-order chi connectivity index (χ1) is 6.47. The van der Waals surface area contributed by atoms with Crippen molar-refractivity contribution in [3.63, 3.8) is 0 Å². The van der Waals surface area contributed by atoms with E-state index in [-0.39, 0.29) is 5.41 Å². The maximum absolute atomic E-state index is 4.32. The van der Waals surface area contributed by atoms with E-state index in [9.17, 15) is 0 Å². The molecule has 0 N–H and O–H groups in total. The monoisotopic (exact) mass is 252 g/mol. The summed E-state index contributed by atoms with van der Waals surface area (Å²) in [5.74, 6) is 0. The van der Waals surface area contributed by atoms with Crippen LogP contribution >= 0.6 is 15.9 Å². The molecule has 0 aromatic carbocycles. The molecule has 0 aliphatic carbocycles. The average molecular weight is 253 g/mol. The molecule has 0 amide bonds. The number of pyridine rings is 1. The number of hydrogen-bond donors (Lipinski definition) is 0. The van der Waals surface area contributed by atoms with Crippen LogP contribution in [0, 0.1) is 0 Å². The van der Waals surface area contributed by atoms with Crippen LogP contribution in [0.3, 0.4) is 0 Å². The lowest BCUT2D eigenvalue weighted by molar-refractivity contribution is 0.586. The highest BCUT2D eigenvalue weighted by molar-refractivity contribution is 9.10. The molecule has 2 rings (SSSR count). The van der Waals surface area contributed by atoms with Crippen LogP contribution in [-0.4, -0.2) is 9.38 Å². The SMILES string of the molecule is CC(C)(C)c1ccc2nc(Br)cn2c1. The highest BCUT2D eigenvalue weighted by Gasteiger charge is 2.14. The fraction of sp³-hybridized carbons (Fsp3) is 0.364. The molecular formula is C11H13BrN2. The Morgan fingerprint density at radius 1 is 1.21 bits per heavy atom. The zero-order valence-corrected chi connectivity index (χ0v) is 10.2. The molecule has 0 aliphatic heterocycles. The Hall–Kier alpha value is -0.830. The first-order valence-electron chi connectivity index (χ1n) is 4.61. The zero-order chi connectivity index (χ0) is 10.3. The summed E-state index contributed by atoms with van der Waals surface area (Å²) in [6, 6.07) is 4.18. The van der Waals surface area contributed by atoms with Crippen LogP contribution in [0.5, 0.6) is 0 Å². The number of aromatic nitrogens is 2. The predicted octanol–water partition coefficient (Wildman–Crippen LogP) is 3.39. The standard InChI is InChI=1S/C11H13BrN2/c1-11(2,3)8-4-5-10-13-9(12)7-14(10)6-8/h4-7H,1-3H3. The molecular weight excluding hydrogens is 240 g/mol. The molecule has 0 unspecified atom stereocenters. The number of nitrogens with zero attached hydrogens (tertiary/aromatic N) is 2. The van der Waals surface area contributed by atoms with Crippen molar-refractivity contribution < 1.29 is 0 Å². The molecule has 74 valence electrons. The van der Waals surface area contributed by atoms with Gasteiger partial charge in [-0.2, -0.15) is 0 Å². The van der Waals surface area contributed by atoms with Crippen molar-refractivity contribution in [2.75, 3.05) is 0 Å². The molecule has 0 fully saturated rings. The van der Waals surface area contributed by atoms with Crippen molar-refractivity contribution in [3.8, 4) is 0 Å². The van der Waals surface area contributed by atoms with E-state index in [2.05, 4.69) is 53.9 Å². The number of fused-ring (bicyclic) bond motifs is 1. The topological polar surface area (TPSA) is 17.3 Å². The smallest absolute Gasteiger partial charge is 0.138 e. The molecule has 0 aliphatic rings. The lowest BCUT2D eigenvalue weighted by atomic mass is 9.88. The third kappa shape index (κ3) is 1.69. The number of halogens is 1. The summed E-state index contributed by atoms with van der Waals surface area (Å²) in [5.41, 5.74) is 2.48. The van der Waals surface area contributed by atoms with Gasteiger partial charge in [-0.3, -0.25) is 0 Å². The van der Waals surface area contributed by atoms with Crippen molar-refractivity contribution in [1.29, 1.82) is 0 Å². The van der Waals surface area contributed by atoms with Crippen LogP contribution < -0.4 is 0 Å². The third-order valence-corrected chi connectivity index (χ3v) is 2.67. The molecule has 2 heterocycles. The van der Waals surface area contributed by atoms with E-state index in [4.69, 9.17) is 0 Å². The van der Waals surface area contributed by atoms with E-state index in [1.165, 1.54) is 5.56 Å². The van der Waals surface area contributed by atoms with Crippen molar-refractivity contribution in [3.05, 3.63) is 34.7 Å². The molecule has 0 saturated heterocycles. The largest absolute Gasteiger partial charge is 0.306 e. The zero-order valence-electron chi connectivity index (χ0n) is 8.58. The van der Waals surface area contributed by atoms with Gasteiger partial charge in [-0.05, 0) is 33.0 Å². The predicted molar refractivity (Wildman–Crippen MR) is 61.6 cm³/mol. The number of imidazole rings is 1. The molecule has 0 spiro atoms. The molecule has 14 heavy (non-hydrogen) atoms. The minimum absolute atomic E-state index is 0.185. The molecule has 3 heteroatoms. The third-order valence-electron chi connectivity index (χ3n) is 2.29. The molecule has 2 aromatic rings. The van der Waals surface area contributed by atoms with Crippen LogP contribution in [0.1, 0.15) is 26.3 Å². The van der Waals surface area contributed by atoms with Gasteiger partial charge in [0.15, 0.2) is 0 Å². The van der Waals surface area contributed by atoms with E-state index in [1.54, 1.807) is 0 Å². The summed E-state index contributed by atoms with van der Waals surface area (Å²) in [4.78, 5) is 4.32. The summed E-state index contributed by atoms with van der Waals surface area (Å²) in [6.07, 6.45) is 4.11. The van der Waals surface area contributed by atoms with Crippen molar-refractivity contribution in [2.45, 2.75) is 26.2 Å². The lowest BCUT2D eigenvalue weighted by Crippen LogP contribution is -2.11. The fourth-order valence-corrected chi connectivity index (χ4v) is 1.81. The second kappa shape index (κ2) is 3.09. The summed E-state index contributed by atoms with van der Waals surface area (Å²) >= 11 is 3.37. The van der Waals surface area contributed by atoms with Crippen LogP contribution in [0.25, 0.3) is 5.65 Å². The van der Waals surface area contributed by atoms with Crippen molar-refractivity contribution >= 4 is 21.6 Å². The lowest BCUT2D eigenvalue weighted by Gasteiger charge is -2.18. The van der Waals surface area contributed by atoms with E-state index in [0.717, 1.165) is 10.3 Å². The van der Waals surface area contributed by atoms with Gasteiger partial charge >= 0.3 is 0 Å². The van der Waals surface area contributed by atoms with Gasteiger partial charge < -0.3 is 4.40 Å². The first kappa shape index (κ1) is 9.71. The van der Waals surface area contributed by atoms with Crippen molar-refractivity contribution in [1.82, 2.24) is 9.38 Å². The van der Waals surface area contributed by atoms with E-state index >= 15 is 0 Å². The molecule has 2 nitrogen and oxygen atoms in total. The minimum Gasteiger partial charge on any atom is -0.306 e. The summed E-state index contributed by atoms with van der Waals surface area (Å²) in [7, 11) is 0. The van der Waals surface area contributed by atoms with E-state index < -0.39 is 0 Å². The summed E-state index contributed by atoms with van der Waals surface area (Å²) in [6.45, 7) is 6.63. The van der Waals surface area contributed by atoms with Gasteiger partial charge in [0.25, 0.3) is 0 Å². The van der Waals surface area contributed by atoms with Gasteiger partial charge in [-0.15, -0.1) is 0 Å². The van der Waals surface area contributed by atoms with Crippen LogP contribution in [-0.2, 0) is 5.41 Å². The number of hydrogen-bond acceptors (Lipinski definition) is 1. The Bertz CT molecular complexity index is 466. The Morgan fingerprint density at radius 3 is 2.57 bits per heavy atom. The number of rotatable bonds is 0. The maximum atomic E-state index is 4.32. The van der Waals surface area contributed by atoms with Gasteiger partial charge in [0.1, 0.15) is 10.3 Å². The van der Waals surface area contributed by atoms with Gasteiger partial charge in [-0.25, -0.2) is 4.98 Å². The maximum Gasteiger partial charge on any atom is 0.138 e. The first-order valence-corrected chi connectivity index (χ1v) is 5.41. The quantitative estimate of drug-likeness (QED) is 0.703. The average Bonchev–Trinajstić information content (AvgIpc) is 2.41. The Balaban J connectivity index is 2.62. The molecule has 0 saturated carbocycles. The fourth-order valence-electron chi connectivity index (χ4n) is 1.40. The minimum atomic E-state index is 0.185. The molecule has 2 aromatic heterocycles. The van der Waals surface area contributed by atoms with E-state index in [0.29, 0.717) is 0 Å². The van der Waals surface area contributed by atoms with Crippen LogP contribution in [0.4, 0.5) is 0 Å². The Kier molecular flexibility index (Phi) is 2.14. The highest BCUT2D eigenvalue weighted by Crippen LogP contribution is 2.23. The molecule has 0 atom stereocenters. The van der Waals surface area contributed by atoms with Gasteiger partial charge in [0.2, 0.25) is 0 Å². The summed E-state index contributed by atoms with van der Waals surface area (Å²) < 4.78 is 2.92. The van der Waals surface area contributed by atoms with Gasteiger partial charge in [-0.1, -0.05) is 26.8 Å². The second-order valence-electron chi connectivity index (χ2n) is 4.50. The van der Waals surface area contributed by atoms with Crippen LogP contribution in [0.2, 0.25) is 0 Å². The van der Waals surface area contributed by atoms with Gasteiger partial charge in [0, 0.05) is 12.4 Å². The normalized spacial score (nSPS) is 12.3. The Morgan fingerprint density at radius 2 is 1.93 bits per heavy atom. The summed E-state index contributed by atoms with van der Waals surface area (Å²) in [5, 5.41) is 0. The van der Waals surface area contributed by atoms with E-state index in [1.807, 2.05) is 16.7 Å². The highest BCUT2D eigenvalue weighted by atomic mass is 79.9. The molecule has 0 radical (unpaired) electrons. The van der Waals surface area contributed by atoms with Crippen molar-refractivity contribution in [2.24, 2.45) is 0 Å². The molecule has 0 bridgehead atoms. The van der Waals surface area contributed by atoms with Gasteiger partial charge in [0.05, 0.1) is 0 Å². The Labute approximate surface area is 92.1 Å².